The van der Waals surface area contributed by atoms with Crippen LogP contribution in [0.5, 0.6) is 0 Å². The maximum atomic E-state index is 2.77. The molecular formula is C13H26N2. The summed E-state index contributed by atoms with van der Waals surface area (Å²) in [6.45, 7) is 12.3. The fourth-order valence-electron chi connectivity index (χ4n) is 3.20. The lowest BCUT2D eigenvalue weighted by Crippen LogP contribution is -2.72. The van der Waals surface area contributed by atoms with E-state index >= 15 is 0 Å². The van der Waals surface area contributed by atoms with Crippen LogP contribution < -0.4 is 0 Å². The number of hydrogen-bond donors (Lipinski definition) is 0. The van der Waals surface area contributed by atoms with Gasteiger partial charge in [-0.15, -0.1) is 0 Å². The molecule has 1 spiro atoms. The predicted octanol–water partition coefficient (Wildman–Crippen LogP) is 2.35. The first kappa shape index (κ1) is 11.4. The summed E-state index contributed by atoms with van der Waals surface area (Å²) in [5.74, 6) is 0. The van der Waals surface area contributed by atoms with Gasteiger partial charge in [-0.3, -0.25) is 9.80 Å². The number of likely N-dealkylation sites (tertiary alicyclic amines) is 2. The molecule has 0 radical (unpaired) electrons. The second kappa shape index (κ2) is 4.42. The molecule has 0 unspecified atom stereocenters. The zero-order valence-electron chi connectivity index (χ0n) is 10.6. The minimum atomic E-state index is 0.582. The van der Waals surface area contributed by atoms with Gasteiger partial charge in [0.15, 0.2) is 0 Å². The monoisotopic (exact) mass is 210 g/mol. The summed E-state index contributed by atoms with van der Waals surface area (Å²) in [6.07, 6.45) is 5.62. The molecule has 0 aromatic heterocycles. The number of nitrogens with zero attached hydrogens (tertiary/aromatic N) is 2. The lowest BCUT2D eigenvalue weighted by molar-refractivity contribution is -0.0896. The van der Waals surface area contributed by atoms with Crippen LogP contribution in [-0.2, 0) is 0 Å². The fraction of sp³-hybridized carbons (Fsp3) is 1.00. The maximum absolute atomic E-state index is 2.77. The Hall–Kier alpha value is -0.0800. The van der Waals surface area contributed by atoms with Crippen LogP contribution in [0.3, 0.4) is 0 Å². The highest BCUT2D eigenvalue weighted by Gasteiger charge is 2.48. The summed E-state index contributed by atoms with van der Waals surface area (Å²) in [7, 11) is 0. The fourth-order valence-corrected chi connectivity index (χ4v) is 3.20. The van der Waals surface area contributed by atoms with E-state index in [2.05, 4.69) is 30.6 Å². The summed E-state index contributed by atoms with van der Waals surface area (Å²) in [5.41, 5.74) is 0.582. The molecule has 0 saturated carbocycles. The SMILES string of the molecule is CCCN1CCCCC12CN(C(C)C)C2. The molecule has 2 heteroatoms. The van der Waals surface area contributed by atoms with Gasteiger partial charge in [0.1, 0.15) is 0 Å². The van der Waals surface area contributed by atoms with Crippen LogP contribution >= 0.6 is 0 Å². The molecule has 2 aliphatic rings. The second-order valence-corrected chi connectivity index (χ2v) is 5.67. The molecule has 0 bridgehead atoms. The van der Waals surface area contributed by atoms with Crippen molar-refractivity contribution in [2.45, 2.75) is 58.0 Å². The van der Waals surface area contributed by atoms with Crippen molar-refractivity contribution in [3.05, 3.63) is 0 Å². The first-order chi connectivity index (χ1) is 7.18. The topological polar surface area (TPSA) is 6.48 Å². The van der Waals surface area contributed by atoms with Gasteiger partial charge in [0.05, 0.1) is 0 Å². The molecule has 2 saturated heterocycles. The first-order valence-electron chi connectivity index (χ1n) is 6.67. The third-order valence-corrected chi connectivity index (χ3v) is 4.21. The van der Waals surface area contributed by atoms with Gasteiger partial charge >= 0.3 is 0 Å². The molecule has 0 N–H and O–H groups in total. The Morgan fingerprint density at radius 2 is 1.93 bits per heavy atom. The smallest absolute Gasteiger partial charge is 0.0463 e. The molecule has 0 aliphatic carbocycles. The Balaban J connectivity index is 1.94. The summed E-state index contributed by atoms with van der Waals surface area (Å²) in [4.78, 5) is 5.39. The van der Waals surface area contributed by atoms with Crippen LogP contribution in [0, 0.1) is 0 Å². The molecule has 0 aromatic rings. The normalized spacial score (nSPS) is 27.2. The second-order valence-electron chi connectivity index (χ2n) is 5.67. The highest BCUT2D eigenvalue weighted by Crippen LogP contribution is 2.37. The van der Waals surface area contributed by atoms with Crippen molar-refractivity contribution in [1.82, 2.24) is 9.80 Å². The van der Waals surface area contributed by atoms with Crippen LogP contribution in [-0.4, -0.2) is 47.6 Å². The van der Waals surface area contributed by atoms with E-state index in [1.807, 2.05) is 0 Å². The standard InChI is InChI=1S/C13H26N2/c1-4-8-15-9-6-5-7-13(15)10-14(11-13)12(2)3/h12H,4-11H2,1-3H3. The van der Waals surface area contributed by atoms with Crippen molar-refractivity contribution in [1.29, 1.82) is 0 Å². The molecule has 15 heavy (non-hydrogen) atoms. The average molecular weight is 210 g/mol. The lowest BCUT2D eigenvalue weighted by atomic mass is 9.79. The molecule has 0 amide bonds. The quantitative estimate of drug-likeness (QED) is 0.705. The molecule has 2 rings (SSSR count). The van der Waals surface area contributed by atoms with E-state index in [0.717, 1.165) is 6.04 Å². The Bertz CT molecular complexity index is 205. The molecule has 2 nitrogen and oxygen atoms in total. The van der Waals surface area contributed by atoms with Crippen molar-refractivity contribution in [2.75, 3.05) is 26.2 Å². The van der Waals surface area contributed by atoms with E-state index in [1.165, 1.54) is 51.9 Å². The van der Waals surface area contributed by atoms with E-state index in [9.17, 15) is 0 Å². The molecule has 2 heterocycles. The van der Waals surface area contributed by atoms with E-state index in [0.29, 0.717) is 5.54 Å². The van der Waals surface area contributed by atoms with Crippen molar-refractivity contribution >= 4 is 0 Å². The number of rotatable bonds is 3. The zero-order valence-corrected chi connectivity index (χ0v) is 10.6. The summed E-state index contributed by atoms with van der Waals surface area (Å²) in [6, 6.07) is 0.737. The summed E-state index contributed by atoms with van der Waals surface area (Å²) < 4.78 is 0. The Morgan fingerprint density at radius 3 is 2.53 bits per heavy atom. The van der Waals surface area contributed by atoms with E-state index in [-0.39, 0.29) is 0 Å². The van der Waals surface area contributed by atoms with Gasteiger partial charge in [0.25, 0.3) is 0 Å². The average Bonchev–Trinajstić information content (AvgIpc) is 2.15. The van der Waals surface area contributed by atoms with Gasteiger partial charge in [0, 0.05) is 24.7 Å². The minimum absolute atomic E-state index is 0.582. The number of piperidine rings is 1. The van der Waals surface area contributed by atoms with Gasteiger partial charge in [-0.1, -0.05) is 13.3 Å². The van der Waals surface area contributed by atoms with Crippen molar-refractivity contribution < 1.29 is 0 Å². The molecule has 0 aromatic carbocycles. The zero-order chi connectivity index (χ0) is 10.9. The molecule has 88 valence electrons. The van der Waals surface area contributed by atoms with E-state index in [4.69, 9.17) is 0 Å². The van der Waals surface area contributed by atoms with E-state index < -0.39 is 0 Å². The van der Waals surface area contributed by atoms with Gasteiger partial charge < -0.3 is 0 Å². The first-order valence-corrected chi connectivity index (χ1v) is 6.67. The Labute approximate surface area is 94.6 Å². The van der Waals surface area contributed by atoms with Crippen molar-refractivity contribution in [2.24, 2.45) is 0 Å². The van der Waals surface area contributed by atoms with Crippen LogP contribution in [0.15, 0.2) is 0 Å². The van der Waals surface area contributed by atoms with Gasteiger partial charge in [0.2, 0.25) is 0 Å². The molecule has 2 fully saturated rings. The van der Waals surface area contributed by atoms with Crippen LogP contribution in [0.1, 0.15) is 46.5 Å². The number of hydrogen-bond acceptors (Lipinski definition) is 2. The largest absolute Gasteiger partial charge is 0.297 e. The van der Waals surface area contributed by atoms with Gasteiger partial charge in [-0.05, 0) is 46.2 Å². The van der Waals surface area contributed by atoms with Crippen LogP contribution in [0.2, 0.25) is 0 Å². The van der Waals surface area contributed by atoms with Crippen LogP contribution in [0.4, 0.5) is 0 Å². The Kier molecular flexibility index (Phi) is 3.36. The molecular weight excluding hydrogens is 184 g/mol. The highest BCUT2D eigenvalue weighted by atomic mass is 15.4. The summed E-state index contributed by atoms with van der Waals surface area (Å²) in [5, 5.41) is 0. The Morgan fingerprint density at radius 1 is 1.20 bits per heavy atom. The van der Waals surface area contributed by atoms with E-state index in [1.54, 1.807) is 0 Å². The minimum Gasteiger partial charge on any atom is -0.297 e. The van der Waals surface area contributed by atoms with Crippen LogP contribution in [0.25, 0.3) is 0 Å². The highest BCUT2D eigenvalue weighted by molar-refractivity contribution is 5.06. The van der Waals surface area contributed by atoms with Gasteiger partial charge in [-0.2, -0.15) is 0 Å². The maximum Gasteiger partial charge on any atom is 0.0463 e. The van der Waals surface area contributed by atoms with Crippen molar-refractivity contribution in [3.8, 4) is 0 Å². The lowest BCUT2D eigenvalue weighted by Gasteiger charge is -2.59. The summed E-state index contributed by atoms with van der Waals surface area (Å²) >= 11 is 0. The van der Waals surface area contributed by atoms with Crippen molar-refractivity contribution in [3.63, 3.8) is 0 Å². The molecule has 2 aliphatic heterocycles. The third kappa shape index (κ3) is 2.07. The predicted molar refractivity (Wildman–Crippen MR) is 65.2 cm³/mol. The third-order valence-electron chi connectivity index (χ3n) is 4.21. The molecule has 0 atom stereocenters. The van der Waals surface area contributed by atoms with Gasteiger partial charge in [-0.25, -0.2) is 0 Å².